The molecule has 1 unspecified atom stereocenters. The van der Waals surface area contributed by atoms with E-state index < -0.39 is 0 Å². The monoisotopic (exact) mass is 326 g/mol. The molecule has 1 aliphatic heterocycles. The zero-order valence-corrected chi connectivity index (χ0v) is 13.7. The molecule has 0 amide bonds. The highest BCUT2D eigenvalue weighted by atomic mass is 32.1. The summed E-state index contributed by atoms with van der Waals surface area (Å²) in [5.74, 6) is 1.30. The molecule has 23 heavy (non-hydrogen) atoms. The number of fused-ring (bicyclic) bond motifs is 1. The lowest BCUT2D eigenvalue weighted by atomic mass is 9.98. The van der Waals surface area contributed by atoms with E-state index in [1.165, 1.54) is 11.3 Å². The molecular weight excluding hydrogens is 308 g/mol. The Morgan fingerprint density at radius 2 is 2.22 bits per heavy atom. The SMILES string of the molecule is CC(c1nc(-c2cccs2)no1)N1CCCc2c(N)cccc21. The first-order valence-corrected chi connectivity index (χ1v) is 8.63. The van der Waals surface area contributed by atoms with Crippen LogP contribution in [0.2, 0.25) is 0 Å². The lowest BCUT2D eigenvalue weighted by Crippen LogP contribution is -2.32. The Morgan fingerprint density at radius 3 is 3.04 bits per heavy atom. The summed E-state index contributed by atoms with van der Waals surface area (Å²) in [5, 5.41) is 6.13. The molecule has 1 atom stereocenters. The molecule has 0 fully saturated rings. The van der Waals surface area contributed by atoms with Gasteiger partial charge in [0.2, 0.25) is 11.7 Å². The first kappa shape index (κ1) is 14.3. The Morgan fingerprint density at radius 1 is 1.30 bits per heavy atom. The highest BCUT2D eigenvalue weighted by Gasteiger charge is 2.27. The first-order chi connectivity index (χ1) is 11.2. The fourth-order valence-corrected chi connectivity index (χ4v) is 3.78. The van der Waals surface area contributed by atoms with Crippen LogP contribution >= 0.6 is 11.3 Å². The van der Waals surface area contributed by atoms with E-state index in [1.807, 2.05) is 29.6 Å². The van der Waals surface area contributed by atoms with Gasteiger partial charge in [-0.25, -0.2) is 0 Å². The highest BCUT2D eigenvalue weighted by molar-refractivity contribution is 7.13. The second-order valence-electron chi connectivity index (χ2n) is 5.75. The number of aromatic nitrogens is 2. The van der Waals surface area contributed by atoms with Crippen molar-refractivity contribution in [1.29, 1.82) is 0 Å². The van der Waals surface area contributed by atoms with Crippen molar-refractivity contribution >= 4 is 22.7 Å². The maximum Gasteiger partial charge on any atom is 0.249 e. The molecule has 5 nitrogen and oxygen atoms in total. The normalized spacial score (nSPS) is 15.4. The number of rotatable bonds is 3. The van der Waals surface area contributed by atoms with Crippen molar-refractivity contribution in [2.45, 2.75) is 25.8 Å². The van der Waals surface area contributed by atoms with Gasteiger partial charge in [0.05, 0.1) is 4.88 Å². The number of hydrogen-bond acceptors (Lipinski definition) is 6. The Balaban J connectivity index is 1.66. The second-order valence-corrected chi connectivity index (χ2v) is 6.70. The van der Waals surface area contributed by atoms with Crippen LogP contribution in [0, 0.1) is 0 Å². The van der Waals surface area contributed by atoms with Gasteiger partial charge in [-0.3, -0.25) is 0 Å². The molecule has 3 aromatic rings. The van der Waals surface area contributed by atoms with Crippen molar-refractivity contribution in [3.05, 3.63) is 47.2 Å². The number of nitrogens with zero attached hydrogens (tertiary/aromatic N) is 3. The van der Waals surface area contributed by atoms with Gasteiger partial charge in [0.1, 0.15) is 6.04 Å². The van der Waals surface area contributed by atoms with Crippen LogP contribution in [-0.4, -0.2) is 16.7 Å². The van der Waals surface area contributed by atoms with Crippen LogP contribution in [0.15, 0.2) is 40.2 Å². The molecule has 0 spiro atoms. The minimum Gasteiger partial charge on any atom is -0.398 e. The number of nitrogen functional groups attached to an aromatic ring is 1. The Kier molecular flexibility index (Phi) is 3.53. The van der Waals surface area contributed by atoms with E-state index in [4.69, 9.17) is 10.3 Å². The molecule has 2 N–H and O–H groups in total. The molecule has 0 saturated carbocycles. The molecule has 1 aliphatic rings. The molecule has 4 rings (SSSR count). The van der Waals surface area contributed by atoms with Gasteiger partial charge in [0.25, 0.3) is 0 Å². The number of nitrogens with two attached hydrogens (primary N) is 1. The number of anilines is 2. The summed E-state index contributed by atoms with van der Waals surface area (Å²) in [4.78, 5) is 7.91. The standard InChI is InChI=1S/C17H18N4OS/c1-11(17-19-16(20-22-17)15-8-4-10-23-15)21-9-3-5-12-13(18)6-2-7-14(12)21/h2,4,6-8,10-11H,3,5,9,18H2,1H3. The van der Waals surface area contributed by atoms with E-state index in [2.05, 4.69) is 28.0 Å². The van der Waals surface area contributed by atoms with Crippen LogP contribution in [0.5, 0.6) is 0 Å². The quantitative estimate of drug-likeness (QED) is 0.739. The van der Waals surface area contributed by atoms with Crippen molar-refractivity contribution in [2.24, 2.45) is 0 Å². The molecule has 1 aromatic carbocycles. The molecule has 0 radical (unpaired) electrons. The molecule has 0 bridgehead atoms. The van der Waals surface area contributed by atoms with E-state index in [0.29, 0.717) is 11.7 Å². The third kappa shape index (κ3) is 2.49. The zero-order valence-electron chi connectivity index (χ0n) is 12.9. The van der Waals surface area contributed by atoms with Gasteiger partial charge in [-0.05, 0) is 48.9 Å². The van der Waals surface area contributed by atoms with E-state index in [0.717, 1.165) is 30.0 Å². The van der Waals surface area contributed by atoms with Crippen LogP contribution in [0.3, 0.4) is 0 Å². The fraction of sp³-hybridized carbons (Fsp3) is 0.294. The third-order valence-corrected chi connectivity index (χ3v) is 5.20. The molecule has 2 aromatic heterocycles. The minimum absolute atomic E-state index is 0.0251. The largest absolute Gasteiger partial charge is 0.398 e. The van der Waals surface area contributed by atoms with Crippen LogP contribution in [0.1, 0.15) is 30.8 Å². The Hall–Kier alpha value is -2.34. The average molecular weight is 326 g/mol. The summed E-state index contributed by atoms with van der Waals surface area (Å²) in [6, 6.07) is 10.1. The predicted molar refractivity (Wildman–Crippen MR) is 92.5 cm³/mol. The molecule has 118 valence electrons. The summed E-state index contributed by atoms with van der Waals surface area (Å²) in [5.41, 5.74) is 9.40. The van der Waals surface area contributed by atoms with Crippen LogP contribution < -0.4 is 10.6 Å². The van der Waals surface area contributed by atoms with Gasteiger partial charge in [-0.1, -0.05) is 17.3 Å². The lowest BCUT2D eigenvalue weighted by molar-refractivity contribution is 0.353. The highest BCUT2D eigenvalue weighted by Crippen LogP contribution is 2.36. The second kappa shape index (κ2) is 5.70. The van der Waals surface area contributed by atoms with Crippen molar-refractivity contribution in [3.63, 3.8) is 0 Å². The van der Waals surface area contributed by atoms with Gasteiger partial charge >= 0.3 is 0 Å². The van der Waals surface area contributed by atoms with Crippen LogP contribution in [0.4, 0.5) is 11.4 Å². The van der Waals surface area contributed by atoms with Crippen molar-refractivity contribution in [1.82, 2.24) is 10.1 Å². The summed E-state index contributed by atoms with van der Waals surface area (Å²) in [6.07, 6.45) is 2.10. The molecule has 3 heterocycles. The van der Waals surface area contributed by atoms with E-state index in [9.17, 15) is 0 Å². The average Bonchev–Trinajstić information content (AvgIpc) is 3.25. The number of thiophene rings is 1. The summed E-state index contributed by atoms with van der Waals surface area (Å²) >= 11 is 1.61. The summed E-state index contributed by atoms with van der Waals surface area (Å²) < 4.78 is 5.52. The van der Waals surface area contributed by atoms with Gasteiger partial charge in [0.15, 0.2) is 0 Å². The van der Waals surface area contributed by atoms with Gasteiger partial charge < -0.3 is 15.2 Å². The van der Waals surface area contributed by atoms with Gasteiger partial charge in [0, 0.05) is 17.9 Å². The number of hydrogen-bond donors (Lipinski definition) is 1. The van der Waals surface area contributed by atoms with Crippen LogP contribution in [0.25, 0.3) is 10.7 Å². The first-order valence-electron chi connectivity index (χ1n) is 7.75. The third-order valence-electron chi connectivity index (χ3n) is 4.33. The molecule has 0 saturated heterocycles. The van der Waals surface area contributed by atoms with E-state index in [-0.39, 0.29) is 6.04 Å². The van der Waals surface area contributed by atoms with Crippen LogP contribution in [-0.2, 0) is 6.42 Å². The maximum absolute atomic E-state index is 6.13. The van der Waals surface area contributed by atoms with E-state index >= 15 is 0 Å². The minimum atomic E-state index is 0.0251. The summed E-state index contributed by atoms with van der Waals surface area (Å²) in [7, 11) is 0. The Labute approximate surface area is 138 Å². The van der Waals surface area contributed by atoms with Crippen molar-refractivity contribution in [3.8, 4) is 10.7 Å². The number of benzene rings is 1. The summed E-state index contributed by atoms with van der Waals surface area (Å²) in [6.45, 7) is 3.07. The molecule has 6 heteroatoms. The smallest absolute Gasteiger partial charge is 0.249 e. The predicted octanol–water partition coefficient (Wildman–Crippen LogP) is 3.89. The van der Waals surface area contributed by atoms with Gasteiger partial charge in [-0.2, -0.15) is 4.98 Å². The lowest BCUT2D eigenvalue weighted by Gasteiger charge is -2.35. The topological polar surface area (TPSA) is 68.2 Å². The van der Waals surface area contributed by atoms with Crippen molar-refractivity contribution in [2.75, 3.05) is 17.2 Å². The zero-order chi connectivity index (χ0) is 15.8. The molecular formula is C17H18N4OS. The molecule has 0 aliphatic carbocycles. The van der Waals surface area contributed by atoms with E-state index in [1.54, 1.807) is 11.3 Å². The maximum atomic E-state index is 6.13. The Bertz CT molecular complexity index is 812. The van der Waals surface area contributed by atoms with Gasteiger partial charge in [-0.15, -0.1) is 11.3 Å². The fourth-order valence-electron chi connectivity index (χ4n) is 3.13. The van der Waals surface area contributed by atoms with Crippen molar-refractivity contribution < 1.29 is 4.52 Å².